The lowest BCUT2D eigenvalue weighted by molar-refractivity contribution is -0.116. The molecule has 150 valence electrons. The third-order valence-electron chi connectivity index (χ3n) is 4.07. The molecule has 0 aliphatic carbocycles. The first kappa shape index (κ1) is 21.4. The fourth-order valence-corrected chi connectivity index (χ4v) is 4.31. The average molecular weight is 494 g/mol. The van der Waals surface area contributed by atoms with Crippen LogP contribution in [0.5, 0.6) is 11.5 Å². The molecule has 0 spiro atoms. The number of carbonyl (C=O) groups excluding carboxylic acids is 1. The molecule has 1 saturated heterocycles. The number of hydrogen-bond donors (Lipinski definition) is 2. The highest BCUT2D eigenvalue weighted by molar-refractivity contribution is 9.10. The highest BCUT2D eigenvalue weighted by Gasteiger charge is 2.28. The Balaban J connectivity index is 1.87. The number of ether oxygens (including phenoxy) is 2. The number of rotatable bonds is 6. The van der Waals surface area contributed by atoms with Crippen molar-refractivity contribution in [1.82, 2.24) is 5.32 Å². The molecule has 0 radical (unpaired) electrons. The maximum absolute atomic E-state index is 12.5. The molecule has 2 N–H and O–H groups in total. The number of terminal acetylenes is 1. The first-order valence-corrected chi connectivity index (χ1v) is 10.6. The van der Waals surface area contributed by atoms with Crippen LogP contribution in [0.3, 0.4) is 0 Å². The van der Waals surface area contributed by atoms with Gasteiger partial charge in [-0.3, -0.25) is 4.79 Å². The van der Waals surface area contributed by atoms with Crippen LogP contribution in [0.1, 0.15) is 11.1 Å². The molecule has 1 amide bonds. The van der Waals surface area contributed by atoms with E-state index in [0.717, 1.165) is 15.7 Å². The van der Waals surface area contributed by atoms with Crippen molar-refractivity contribution in [2.24, 2.45) is 0 Å². The minimum atomic E-state index is -0.324. The summed E-state index contributed by atoms with van der Waals surface area (Å²) in [6.45, 7) is 2.06. The second kappa shape index (κ2) is 9.49. The predicted molar refractivity (Wildman–Crippen MR) is 122 cm³/mol. The summed E-state index contributed by atoms with van der Waals surface area (Å²) in [6, 6.07) is 9.20. The normalized spacial score (nSPS) is 17.0. The van der Waals surface area contributed by atoms with Crippen molar-refractivity contribution < 1.29 is 14.3 Å². The number of carbonyl (C=O) groups is 1. The van der Waals surface area contributed by atoms with E-state index in [1.807, 2.05) is 31.2 Å². The van der Waals surface area contributed by atoms with Gasteiger partial charge in [-0.25, -0.2) is 0 Å². The fraction of sp³-hybridized carbons (Fsp3) is 0.190. The van der Waals surface area contributed by atoms with Crippen molar-refractivity contribution in [2.45, 2.75) is 12.4 Å². The second-order valence-electron chi connectivity index (χ2n) is 6.10. The van der Waals surface area contributed by atoms with Gasteiger partial charge in [-0.1, -0.05) is 51.3 Å². The number of aryl methyl sites for hydroxylation is 1. The summed E-state index contributed by atoms with van der Waals surface area (Å²) < 4.78 is 11.9. The van der Waals surface area contributed by atoms with Crippen molar-refractivity contribution in [1.29, 1.82) is 0 Å². The molecule has 29 heavy (non-hydrogen) atoms. The zero-order valence-electron chi connectivity index (χ0n) is 15.7. The summed E-state index contributed by atoms with van der Waals surface area (Å²) in [6.07, 6.45) is 7.08. The van der Waals surface area contributed by atoms with Gasteiger partial charge in [-0.15, -0.1) is 6.42 Å². The highest BCUT2D eigenvalue weighted by atomic mass is 79.9. The molecule has 1 heterocycles. The van der Waals surface area contributed by atoms with Crippen LogP contribution in [0, 0.1) is 19.3 Å². The monoisotopic (exact) mass is 492 g/mol. The number of benzene rings is 2. The third-order valence-corrected chi connectivity index (χ3v) is 5.79. The Bertz CT molecular complexity index is 1020. The Hall–Kier alpha value is -2.27. The molecule has 3 rings (SSSR count). The van der Waals surface area contributed by atoms with Crippen molar-refractivity contribution in [3.05, 3.63) is 55.9 Å². The summed E-state index contributed by atoms with van der Waals surface area (Å²) in [5.74, 6) is 3.26. The number of halogens is 2. The van der Waals surface area contributed by atoms with E-state index in [1.54, 1.807) is 19.3 Å². The van der Waals surface area contributed by atoms with Gasteiger partial charge in [0.15, 0.2) is 17.0 Å². The Morgan fingerprint density at radius 1 is 1.41 bits per heavy atom. The van der Waals surface area contributed by atoms with Crippen molar-refractivity contribution in [2.75, 3.05) is 19.0 Å². The van der Waals surface area contributed by atoms with E-state index in [0.29, 0.717) is 27.0 Å². The van der Waals surface area contributed by atoms with E-state index in [1.165, 1.54) is 11.8 Å². The van der Waals surface area contributed by atoms with Gasteiger partial charge in [0, 0.05) is 20.7 Å². The Kier molecular flexibility index (Phi) is 7.01. The highest BCUT2D eigenvalue weighted by Crippen LogP contribution is 2.39. The molecule has 2 aromatic carbocycles. The number of methoxy groups -OCH3 is 1. The lowest BCUT2D eigenvalue weighted by Crippen LogP contribution is -2.31. The molecule has 5 nitrogen and oxygen atoms in total. The van der Waals surface area contributed by atoms with Gasteiger partial charge in [-0.2, -0.15) is 0 Å². The van der Waals surface area contributed by atoms with Crippen LogP contribution in [0.4, 0.5) is 5.69 Å². The predicted octanol–water partition coefficient (Wildman–Crippen LogP) is 5.03. The molecule has 1 unspecified atom stereocenters. The zero-order valence-corrected chi connectivity index (χ0v) is 18.9. The standard InChI is InChI=1S/C21H18BrClN2O3S/c1-4-7-28-19-13(8-14(22)10-17(19)27-3)9-18-20(26)25-21(29-18)24-16-11-15(23)6-5-12(16)2/h1,5-6,8-11,21,24H,7H2,2-3H3,(H,25,26)/b18-9-. The summed E-state index contributed by atoms with van der Waals surface area (Å²) in [4.78, 5) is 13.0. The van der Waals surface area contributed by atoms with Gasteiger partial charge < -0.3 is 20.1 Å². The molecular formula is C21H18BrClN2O3S. The minimum absolute atomic E-state index is 0.0890. The number of anilines is 1. The van der Waals surface area contributed by atoms with E-state index in [4.69, 9.17) is 27.5 Å². The summed E-state index contributed by atoms with van der Waals surface area (Å²) in [7, 11) is 1.55. The Morgan fingerprint density at radius 2 is 2.21 bits per heavy atom. The summed E-state index contributed by atoms with van der Waals surface area (Å²) >= 11 is 10.9. The van der Waals surface area contributed by atoms with Gasteiger partial charge in [-0.05, 0) is 42.8 Å². The largest absolute Gasteiger partial charge is 0.493 e. The first-order chi connectivity index (χ1) is 13.9. The van der Waals surface area contributed by atoms with Gasteiger partial charge in [0.25, 0.3) is 5.91 Å². The molecular weight excluding hydrogens is 476 g/mol. The molecule has 1 aliphatic heterocycles. The van der Waals surface area contributed by atoms with Crippen LogP contribution in [0.2, 0.25) is 5.02 Å². The van der Waals surface area contributed by atoms with E-state index in [9.17, 15) is 4.79 Å². The zero-order chi connectivity index (χ0) is 21.0. The van der Waals surface area contributed by atoms with E-state index < -0.39 is 0 Å². The molecule has 0 saturated carbocycles. The van der Waals surface area contributed by atoms with Gasteiger partial charge in [0.05, 0.1) is 12.0 Å². The molecule has 0 aromatic heterocycles. The molecule has 8 heteroatoms. The summed E-state index contributed by atoms with van der Waals surface area (Å²) in [5.41, 5.74) is 2.25. The second-order valence-corrected chi connectivity index (χ2v) is 8.60. The minimum Gasteiger partial charge on any atom is -0.493 e. The van der Waals surface area contributed by atoms with Crippen LogP contribution in [-0.2, 0) is 4.79 Å². The number of thioether (sulfide) groups is 1. The number of hydrogen-bond acceptors (Lipinski definition) is 5. The lowest BCUT2D eigenvalue weighted by atomic mass is 10.1. The topological polar surface area (TPSA) is 59.6 Å². The smallest absolute Gasteiger partial charge is 0.260 e. The average Bonchev–Trinajstić information content (AvgIpc) is 3.02. The molecule has 0 bridgehead atoms. The van der Waals surface area contributed by atoms with Crippen LogP contribution < -0.4 is 20.1 Å². The van der Waals surface area contributed by atoms with Crippen molar-refractivity contribution in [3.63, 3.8) is 0 Å². The Labute approximate surface area is 187 Å². The quantitative estimate of drug-likeness (QED) is 0.436. The van der Waals surface area contributed by atoms with Crippen LogP contribution in [-0.4, -0.2) is 25.1 Å². The third kappa shape index (κ3) is 5.21. The van der Waals surface area contributed by atoms with Crippen molar-refractivity contribution in [3.8, 4) is 23.8 Å². The SMILES string of the molecule is C#CCOc1c(/C=C2\SC(Nc3cc(Cl)ccc3C)NC2=O)cc(Br)cc1OC. The molecule has 1 fully saturated rings. The number of nitrogens with one attached hydrogen (secondary N) is 2. The van der Waals surface area contributed by atoms with Gasteiger partial charge >= 0.3 is 0 Å². The van der Waals surface area contributed by atoms with Crippen LogP contribution >= 0.6 is 39.3 Å². The van der Waals surface area contributed by atoms with E-state index in [-0.39, 0.29) is 18.0 Å². The number of amides is 1. The summed E-state index contributed by atoms with van der Waals surface area (Å²) in [5, 5.41) is 6.83. The van der Waals surface area contributed by atoms with Gasteiger partial charge in [0.1, 0.15) is 6.61 Å². The van der Waals surface area contributed by atoms with Crippen molar-refractivity contribution >= 4 is 57.0 Å². The lowest BCUT2D eigenvalue weighted by Gasteiger charge is -2.15. The molecule has 1 aliphatic rings. The van der Waals surface area contributed by atoms with Gasteiger partial charge in [0.2, 0.25) is 0 Å². The maximum atomic E-state index is 12.5. The fourth-order valence-electron chi connectivity index (χ4n) is 2.71. The van der Waals surface area contributed by atoms with E-state index >= 15 is 0 Å². The molecule has 1 atom stereocenters. The van der Waals surface area contributed by atoms with Crippen LogP contribution in [0.25, 0.3) is 6.08 Å². The maximum Gasteiger partial charge on any atom is 0.260 e. The first-order valence-electron chi connectivity index (χ1n) is 8.57. The molecule has 2 aromatic rings. The van der Waals surface area contributed by atoms with E-state index in [2.05, 4.69) is 32.5 Å². The Morgan fingerprint density at radius 3 is 2.93 bits per heavy atom. The van der Waals surface area contributed by atoms with Crippen LogP contribution in [0.15, 0.2) is 39.7 Å².